The standard InChI is InChI=1S/C26H24FN5O3S/c1-17(18-4-8-20(27)9-5-18)28-29-24(33)16-36-26-31-30-25(19-6-12-22(34-2)13-7-19)32(26)21-10-14-23(35-3)15-11-21/h4-15H,16H2,1-3H3,(H,29,33). The number of ether oxygens (including phenoxy) is 2. The Morgan fingerprint density at radius 2 is 1.56 bits per heavy atom. The van der Waals surface area contributed by atoms with Gasteiger partial charge in [0.05, 0.1) is 25.7 Å². The van der Waals surface area contributed by atoms with Crippen molar-refractivity contribution >= 4 is 23.4 Å². The van der Waals surface area contributed by atoms with Gasteiger partial charge in [0.1, 0.15) is 17.3 Å². The highest BCUT2D eigenvalue weighted by atomic mass is 32.2. The number of benzene rings is 3. The molecule has 0 radical (unpaired) electrons. The van der Waals surface area contributed by atoms with Crippen molar-refractivity contribution in [2.45, 2.75) is 12.1 Å². The van der Waals surface area contributed by atoms with Crippen molar-refractivity contribution in [3.05, 3.63) is 84.2 Å². The van der Waals surface area contributed by atoms with Crippen LogP contribution in [0.15, 0.2) is 83.1 Å². The molecule has 8 nitrogen and oxygen atoms in total. The molecular weight excluding hydrogens is 481 g/mol. The summed E-state index contributed by atoms with van der Waals surface area (Å²) in [7, 11) is 3.22. The zero-order valence-corrected chi connectivity index (χ0v) is 20.8. The van der Waals surface area contributed by atoms with Gasteiger partial charge in [0.25, 0.3) is 5.91 Å². The minimum atomic E-state index is -0.332. The normalized spacial score (nSPS) is 11.3. The summed E-state index contributed by atoms with van der Waals surface area (Å²) in [6, 6.07) is 20.9. The maximum Gasteiger partial charge on any atom is 0.250 e. The summed E-state index contributed by atoms with van der Waals surface area (Å²) >= 11 is 1.24. The summed E-state index contributed by atoms with van der Waals surface area (Å²) in [4.78, 5) is 12.5. The fourth-order valence-corrected chi connectivity index (χ4v) is 4.06. The van der Waals surface area contributed by atoms with Gasteiger partial charge in [-0.3, -0.25) is 9.36 Å². The van der Waals surface area contributed by atoms with E-state index in [4.69, 9.17) is 9.47 Å². The molecule has 4 aromatic rings. The lowest BCUT2D eigenvalue weighted by molar-refractivity contribution is -0.118. The van der Waals surface area contributed by atoms with Gasteiger partial charge < -0.3 is 9.47 Å². The number of amides is 1. The molecule has 0 bridgehead atoms. The van der Waals surface area contributed by atoms with Crippen LogP contribution in [0.5, 0.6) is 11.5 Å². The van der Waals surface area contributed by atoms with E-state index in [2.05, 4.69) is 20.7 Å². The van der Waals surface area contributed by atoms with Crippen molar-refractivity contribution < 1.29 is 18.7 Å². The van der Waals surface area contributed by atoms with Crippen LogP contribution >= 0.6 is 11.8 Å². The predicted molar refractivity (Wildman–Crippen MR) is 137 cm³/mol. The molecule has 10 heteroatoms. The number of carbonyl (C=O) groups is 1. The SMILES string of the molecule is COc1ccc(-c2nnc(SCC(=O)NN=C(C)c3ccc(F)cc3)n2-c2ccc(OC)cc2)cc1. The van der Waals surface area contributed by atoms with Crippen LogP contribution in [0.1, 0.15) is 12.5 Å². The van der Waals surface area contributed by atoms with Crippen LogP contribution in [0.4, 0.5) is 4.39 Å². The quantitative estimate of drug-likeness (QED) is 0.201. The van der Waals surface area contributed by atoms with Gasteiger partial charge in [0.2, 0.25) is 0 Å². The molecule has 0 saturated heterocycles. The molecule has 1 aromatic heterocycles. The number of nitrogens with one attached hydrogen (secondary N) is 1. The lowest BCUT2D eigenvalue weighted by atomic mass is 10.1. The second kappa shape index (κ2) is 11.5. The van der Waals surface area contributed by atoms with E-state index < -0.39 is 0 Å². The number of halogens is 1. The summed E-state index contributed by atoms with van der Waals surface area (Å²) in [5, 5.41) is 13.4. The van der Waals surface area contributed by atoms with Gasteiger partial charge in [-0.05, 0) is 73.2 Å². The van der Waals surface area contributed by atoms with Crippen LogP contribution in [-0.2, 0) is 4.79 Å². The third kappa shape index (κ3) is 5.89. The molecule has 36 heavy (non-hydrogen) atoms. The number of thioether (sulfide) groups is 1. The Hall–Kier alpha value is -4.18. The summed E-state index contributed by atoms with van der Waals surface area (Å²) in [5.74, 6) is 1.50. The fourth-order valence-electron chi connectivity index (χ4n) is 3.32. The van der Waals surface area contributed by atoms with Gasteiger partial charge in [-0.25, -0.2) is 9.82 Å². The smallest absolute Gasteiger partial charge is 0.250 e. The van der Waals surface area contributed by atoms with Crippen molar-refractivity contribution in [1.29, 1.82) is 0 Å². The van der Waals surface area contributed by atoms with Gasteiger partial charge in [0, 0.05) is 11.3 Å². The molecular formula is C26H24FN5O3S. The molecule has 1 heterocycles. The van der Waals surface area contributed by atoms with Gasteiger partial charge >= 0.3 is 0 Å². The highest BCUT2D eigenvalue weighted by Crippen LogP contribution is 2.29. The number of carbonyl (C=O) groups excluding carboxylic acids is 1. The summed E-state index contributed by atoms with van der Waals surface area (Å²) in [6.07, 6.45) is 0. The zero-order valence-electron chi connectivity index (χ0n) is 19.9. The molecule has 1 amide bonds. The molecule has 0 saturated carbocycles. The van der Waals surface area contributed by atoms with E-state index in [0.717, 1.165) is 22.7 Å². The van der Waals surface area contributed by atoms with Crippen LogP contribution in [0.3, 0.4) is 0 Å². The van der Waals surface area contributed by atoms with E-state index >= 15 is 0 Å². The third-order valence-electron chi connectivity index (χ3n) is 5.25. The van der Waals surface area contributed by atoms with E-state index in [1.165, 1.54) is 23.9 Å². The maximum atomic E-state index is 13.1. The van der Waals surface area contributed by atoms with E-state index in [1.54, 1.807) is 33.3 Å². The Bertz CT molecular complexity index is 1350. The highest BCUT2D eigenvalue weighted by Gasteiger charge is 2.18. The summed E-state index contributed by atoms with van der Waals surface area (Å²) in [6.45, 7) is 1.74. The first-order valence-electron chi connectivity index (χ1n) is 10.9. The van der Waals surface area contributed by atoms with Crippen LogP contribution in [-0.4, -0.2) is 46.4 Å². The molecule has 3 aromatic carbocycles. The summed E-state index contributed by atoms with van der Waals surface area (Å²) < 4.78 is 25.5. The van der Waals surface area contributed by atoms with Crippen LogP contribution in [0.2, 0.25) is 0 Å². The van der Waals surface area contributed by atoms with Crippen molar-refractivity contribution in [3.8, 4) is 28.6 Å². The molecule has 0 fully saturated rings. The average Bonchev–Trinajstić information content (AvgIpc) is 3.35. The molecule has 0 aliphatic heterocycles. The molecule has 0 spiro atoms. The highest BCUT2D eigenvalue weighted by molar-refractivity contribution is 7.99. The second-order valence-electron chi connectivity index (χ2n) is 7.60. The molecule has 0 atom stereocenters. The number of hydrazone groups is 1. The van der Waals surface area contributed by atoms with Crippen molar-refractivity contribution in [2.24, 2.45) is 5.10 Å². The number of hydrogen-bond acceptors (Lipinski definition) is 7. The molecule has 1 N–H and O–H groups in total. The average molecular weight is 506 g/mol. The van der Waals surface area contributed by atoms with Crippen molar-refractivity contribution in [2.75, 3.05) is 20.0 Å². The van der Waals surface area contributed by atoms with Gasteiger partial charge in [-0.1, -0.05) is 23.9 Å². The Kier molecular flexibility index (Phi) is 7.96. The Morgan fingerprint density at radius 3 is 2.17 bits per heavy atom. The topological polar surface area (TPSA) is 90.6 Å². The van der Waals surface area contributed by atoms with Crippen molar-refractivity contribution in [1.82, 2.24) is 20.2 Å². The number of nitrogens with zero attached hydrogens (tertiary/aromatic N) is 4. The second-order valence-corrected chi connectivity index (χ2v) is 8.54. The summed E-state index contributed by atoms with van der Waals surface area (Å²) in [5.41, 5.74) is 5.48. The Labute approximate surface area is 212 Å². The first-order chi connectivity index (χ1) is 17.5. The monoisotopic (exact) mass is 505 g/mol. The van der Waals surface area contributed by atoms with E-state index in [9.17, 15) is 9.18 Å². The maximum absolute atomic E-state index is 13.1. The molecule has 0 aliphatic rings. The lowest BCUT2D eigenvalue weighted by Gasteiger charge is -2.11. The largest absolute Gasteiger partial charge is 0.497 e. The van der Waals surface area contributed by atoms with E-state index in [0.29, 0.717) is 22.3 Å². The van der Waals surface area contributed by atoms with Crippen LogP contribution in [0.25, 0.3) is 17.1 Å². The first kappa shape index (κ1) is 24.9. The van der Waals surface area contributed by atoms with Gasteiger partial charge in [-0.15, -0.1) is 10.2 Å². The van der Waals surface area contributed by atoms with Crippen molar-refractivity contribution in [3.63, 3.8) is 0 Å². The molecule has 4 rings (SSSR count). The lowest BCUT2D eigenvalue weighted by Crippen LogP contribution is -2.21. The number of hydrogen-bond donors (Lipinski definition) is 1. The van der Waals surface area contributed by atoms with Crippen LogP contribution < -0.4 is 14.9 Å². The Morgan fingerprint density at radius 1 is 0.944 bits per heavy atom. The number of rotatable bonds is 9. The minimum absolute atomic E-state index is 0.0666. The third-order valence-corrected chi connectivity index (χ3v) is 6.18. The van der Waals surface area contributed by atoms with Crippen LogP contribution in [0, 0.1) is 5.82 Å². The van der Waals surface area contributed by atoms with E-state index in [-0.39, 0.29) is 17.5 Å². The fraction of sp³-hybridized carbons (Fsp3) is 0.154. The predicted octanol–water partition coefficient (Wildman–Crippen LogP) is 4.72. The Balaban J connectivity index is 1.54. The number of aromatic nitrogens is 3. The van der Waals surface area contributed by atoms with Gasteiger partial charge in [0.15, 0.2) is 11.0 Å². The molecule has 184 valence electrons. The van der Waals surface area contributed by atoms with E-state index in [1.807, 2.05) is 53.1 Å². The molecule has 0 aliphatic carbocycles. The minimum Gasteiger partial charge on any atom is -0.497 e. The molecule has 0 unspecified atom stereocenters. The van der Waals surface area contributed by atoms with Gasteiger partial charge in [-0.2, -0.15) is 5.10 Å². The number of methoxy groups -OCH3 is 2. The zero-order chi connectivity index (χ0) is 25.5. The first-order valence-corrected chi connectivity index (χ1v) is 11.9.